The summed E-state index contributed by atoms with van der Waals surface area (Å²) in [7, 11) is 0. The first-order valence-corrected chi connectivity index (χ1v) is 6.41. The van der Waals surface area contributed by atoms with Gasteiger partial charge in [-0.25, -0.2) is 4.79 Å². The lowest BCUT2D eigenvalue weighted by molar-refractivity contribution is -0.168. The third-order valence-corrected chi connectivity index (χ3v) is 3.34. The predicted octanol–water partition coefficient (Wildman–Crippen LogP) is 2.23. The normalized spacial score (nSPS) is 25.8. The molecule has 2 rings (SSSR count). The summed E-state index contributed by atoms with van der Waals surface area (Å²) < 4.78 is 10.1. The highest BCUT2D eigenvalue weighted by molar-refractivity contribution is 5.79. The van der Waals surface area contributed by atoms with Crippen molar-refractivity contribution in [3.63, 3.8) is 0 Å². The van der Waals surface area contributed by atoms with E-state index in [1.165, 1.54) is 5.57 Å². The molecule has 0 aromatic carbocycles. The Morgan fingerprint density at radius 1 is 1.33 bits per heavy atom. The first kappa shape index (κ1) is 13.1. The largest absolute Gasteiger partial charge is 0.457 e. The van der Waals surface area contributed by atoms with E-state index in [-0.39, 0.29) is 18.5 Å². The summed E-state index contributed by atoms with van der Waals surface area (Å²) in [5.41, 5.74) is 0.819. The van der Waals surface area contributed by atoms with E-state index in [1.807, 2.05) is 0 Å². The van der Waals surface area contributed by atoms with Gasteiger partial charge in [-0.05, 0) is 46.0 Å². The minimum atomic E-state index is -0.541. The van der Waals surface area contributed by atoms with Crippen LogP contribution in [0.3, 0.4) is 0 Å². The molecule has 2 unspecified atom stereocenters. The van der Waals surface area contributed by atoms with Crippen molar-refractivity contribution in [3.8, 4) is 0 Å². The Morgan fingerprint density at radius 3 is 2.56 bits per heavy atom. The van der Waals surface area contributed by atoms with Crippen LogP contribution in [0.4, 0.5) is 0 Å². The fourth-order valence-electron chi connectivity index (χ4n) is 2.63. The molecule has 2 atom stereocenters. The van der Waals surface area contributed by atoms with Gasteiger partial charge in [0.2, 0.25) is 0 Å². The molecule has 0 amide bonds. The Kier molecular flexibility index (Phi) is 3.46. The van der Waals surface area contributed by atoms with Crippen LogP contribution in [0.15, 0.2) is 11.6 Å². The Morgan fingerprint density at radius 2 is 2.06 bits per heavy atom. The first-order valence-electron chi connectivity index (χ1n) is 6.41. The number of hydrogen-bond donors (Lipinski definition) is 0. The Hall–Kier alpha value is -1.32. The van der Waals surface area contributed by atoms with Crippen LogP contribution in [-0.4, -0.2) is 24.1 Å². The number of carbonyl (C=O) groups excluding carboxylic acids is 2. The zero-order valence-corrected chi connectivity index (χ0v) is 11.2. The number of esters is 2. The molecule has 0 aliphatic heterocycles. The van der Waals surface area contributed by atoms with E-state index in [9.17, 15) is 9.59 Å². The van der Waals surface area contributed by atoms with Gasteiger partial charge in [0.05, 0.1) is 5.92 Å². The van der Waals surface area contributed by atoms with Gasteiger partial charge in [0.25, 0.3) is 0 Å². The van der Waals surface area contributed by atoms with Gasteiger partial charge in [-0.3, -0.25) is 4.79 Å². The van der Waals surface area contributed by atoms with E-state index in [0.717, 1.165) is 19.3 Å². The maximum Gasteiger partial charge on any atom is 0.344 e. The molecule has 100 valence electrons. The zero-order chi connectivity index (χ0) is 13.3. The second-order valence-electron chi connectivity index (χ2n) is 6.07. The third-order valence-electron chi connectivity index (χ3n) is 3.34. The summed E-state index contributed by atoms with van der Waals surface area (Å²) in [6.07, 6.45) is 5.01. The molecule has 4 heteroatoms. The lowest BCUT2D eigenvalue weighted by Gasteiger charge is -2.20. The molecule has 1 saturated carbocycles. The smallest absolute Gasteiger partial charge is 0.344 e. The van der Waals surface area contributed by atoms with Crippen molar-refractivity contribution in [2.75, 3.05) is 6.61 Å². The van der Waals surface area contributed by atoms with Crippen LogP contribution in [0, 0.1) is 11.8 Å². The van der Waals surface area contributed by atoms with E-state index in [4.69, 9.17) is 9.47 Å². The Bertz CT molecular complexity index is 389. The number of fused-ring (bicyclic) bond motifs is 2. The zero-order valence-electron chi connectivity index (χ0n) is 11.2. The molecule has 4 nitrogen and oxygen atoms in total. The van der Waals surface area contributed by atoms with Gasteiger partial charge >= 0.3 is 11.9 Å². The lowest BCUT2D eigenvalue weighted by Crippen LogP contribution is -2.29. The topological polar surface area (TPSA) is 52.6 Å². The van der Waals surface area contributed by atoms with Gasteiger partial charge in [-0.15, -0.1) is 0 Å². The molecule has 0 aromatic heterocycles. The molecule has 1 fully saturated rings. The molecule has 2 aliphatic carbocycles. The van der Waals surface area contributed by atoms with Crippen LogP contribution in [0.25, 0.3) is 0 Å². The third kappa shape index (κ3) is 3.12. The van der Waals surface area contributed by atoms with Crippen LogP contribution in [0.1, 0.15) is 40.0 Å². The highest BCUT2D eigenvalue weighted by Crippen LogP contribution is 2.44. The summed E-state index contributed by atoms with van der Waals surface area (Å²) in [5, 5.41) is 0. The second kappa shape index (κ2) is 4.75. The van der Waals surface area contributed by atoms with Gasteiger partial charge in [-0.1, -0.05) is 11.6 Å². The summed E-state index contributed by atoms with van der Waals surface area (Å²) in [4.78, 5) is 23.3. The van der Waals surface area contributed by atoms with Crippen LogP contribution < -0.4 is 0 Å². The van der Waals surface area contributed by atoms with Crippen molar-refractivity contribution in [1.29, 1.82) is 0 Å². The van der Waals surface area contributed by atoms with Crippen molar-refractivity contribution in [3.05, 3.63) is 11.6 Å². The van der Waals surface area contributed by atoms with Gasteiger partial charge in [0, 0.05) is 0 Å². The highest BCUT2D eigenvalue weighted by Gasteiger charge is 2.39. The number of carbonyl (C=O) groups is 2. The van der Waals surface area contributed by atoms with E-state index in [1.54, 1.807) is 20.8 Å². The molecule has 0 heterocycles. The maximum absolute atomic E-state index is 11.8. The van der Waals surface area contributed by atoms with E-state index < -0.39 is 11.6 Å². The summed E-state index contributed by atoms with van der Waals surface area (Å²) in [6.45, 7) is 5.08. The van der Waals surface area contributed by atoms with Gasteiger partial charge in [0.15, 0.2) is 6.61 Å². The summed E-state index contributed by atoms with van der Waals surface area (Å²) >= 11 is 0. The minimum Gasteiger partial charge on any atom is -0.457 e. The second-order valence-corrected chi connectivity index (χ2v) is 6.07. The average Bonchev–Trinajstić information content (AvgIpc) is 2.84. The highest BCUT2D eigenvalue weighted by atomic mass is 16.6. The summed E-state index contributed by atoms with van der Waals surface area (Å²) in [6, 6.07) is 0. The van der Waals surface area contributed by atoms with Crippen LogP contribution in [0.5, 0.6) is 0 Å². The van der Waals surface area contributed by atoms with Crippen LogP contribution in [0.2, 0.25) is 0 Å². The maximum atomic E-state index is 11.8. The quantitative estimate of drug-likeness (QED) is 0.571. The molecule has 0 saturated heterocycles. The van der Waals surface area contributed by atoms with E-state index >= 15 is 0 Å². The number of allylic oxidation sites excluding steroid dienone is 2. The lowest BCUT2D eigenvalue weighted by atomic mass is 9.92. The first-order chi connectivity index (χ1) is 8.35. The van der Waals surface area contributed by atoms with Crippen LogP contribution >= 0.6 is 0 Å². The molecule has 0 aromatic rings. The van der Waals surface area contributed by atoms with Crippen LogP contribution in [-0.2, 0) is 19.1 Å². The Balaban J connectivity index is 1.76. The van der Waals surface area contributed by atoms with Crippen molar-refractivity contribution in [2.45, 2.75) is 45.6 Å². The van der Waals surface area contributed by atoms with Crippen molar-refractivity contribution in [2.24, 2.45) is 11.8 Å². The molecule has 18 heavy (non-hydrogen) atoms. The molecular formula is C14H20O4. The molecular weight excluding hydrogens is 232 g/mol. The fraction of sp³-hybridized carbons (Fsp3) is 0.714. The standard InChI is InChI=1S/C14H20O4/c1-14(2,3)18-12(15)8-17-13(16)11-7-9-4-5-10(11)6-9/h4,10-11H,5-8H2,1-3H3. The number of rotatable bonds is 3. The van der Waals surface area contributed by atoms with Crippen molar-refractivity contribution in [1.82, 2.24) is 0 Å². The molecule has 2 aliphatic rings. The Labute approximate surface area is 107 Å². The van der Waals surface area contributed by atoms with Gasteiger partial charge in [0.1, 0.15) is 5.60 Å². The molecule has 0 N–H and O–H groups in total. The molecule has 0 spiro atoms. The number of ether oxygens (including phenoxy) is 2. The van der Waals surface area contributed by atoms with E-state index in [0.29, 0.717) is 5.92 Å². The predicted molar refractivity (Wildman–Crippen MR) is 65.7 cm³/mol. The van der Waals surface area contributed by atoms with Gasteiger partial charge in [-0.2, -0.15) is 0 Å². The monoisotopic (exact) mass is 252 g/mol. The SMILES string of the molecule is CC(C)(C)OC(=O)COC(=O)C1CC2=CCC1C2. The molecule has 0 radical (unpaired) electrons. The van der Waals surface area contributed by atoms with Gasteiger partial charge < -0.3 is 9.47 Å². The number of hydrogen-bond acceptors (Lipinski definition) is 4. The van der Waals surface area contributed by atoms with Crippen molar-refractivity contribution >= 4 is 11.9 Å². The fourth-order valence-corrected chi connectivity index (χ4v) is 2.63. The van der Waals surface area contributed by atoms with E-state index in [2.05, 4.69) is 6.08 Å². The summed E-state index contributed by atoms with van der Waals surface area (Å²) in [5.74, 6) is -0.397. The molecule has 2 bridgehead atoms. The minimum absolute atomic E-state index is 0.0487. The average molecular weight is 252 g/mol. The van der Waals surface area contributed by atoms with Crippen molar-refractivity contribution < 1.29 is 19.1 Å².